The van der Waals surface area contributed by atoms with E-state index in [1.165, 1.54) is 12.1 Å². The molecule has 0 bridgehead atoms. The number of halogens is 1. The number of benzene rings is 2. The first kappa shape index (κ1) is 11.9. The highest BCUT2D eigenvalue weighted by atomic mass is 19.1. The second-order valence-corrected chi connectivity index (χ2v) is 4.04. The normalized spacial score (nSPS) is 9.83. The molecule has 0 amide bonds. The van der Waals surface area contributed by atoms with E-state index in [-0.39, 0.29) is 0 Å². The summed E-state index contributed by atoms with van der Waals surface area (Å²) in [4.78, 5) is 0. The Morgan fingerprint density at radius 2 is 2.00 bits per heavy atom. The number of nitrogen functional groups attached to an aromatic ring is 1. The molecule has 4 heteroatoms. The summed E-state index contributed by atoms with van der Waals surface area (Å²) in [6.07, 6.45) is 0. The highest BCUT2D eigenvalue weighted by molar-refractivity contribution is 5.67. The van der Waals surface area contributed by atoms with E-state index in [1.807, 2.05) is 13.0 Å². The number of aryl methyl sites for hydroxylation is 1. The molecule has 2 aromatic carbocycles. The average Bonchev–Trinajstić information content (AvgIpc) is 2.30. The minimum Gasteiger partial charge on any atom is -0.399 e. The number of nitrogens with one attached hydrogen (secondary N) is 1. The predicted molar refractivity (Wildman–Crippen MR) is 70.0 cm³/mol. The molecule has 0 saturated heterocycles. The zero-order chi connectivity index (χ0) is 13.1. The van der Waals surface area contributed by atoms with Crippen LogP contribution in [0.1, 0.15) is 11.1 Å². The van der Waals surface area contributed by atoms with Crippen LogP contribution in [0.25, 0.3) is 0 Å². The Kier molecular flexibility index (Phi) is 3.16. The number of nitriles is 1. The van der Waals surface area contributed by atoms with Crippen LogP contribution in [-0.2, 0) is 0 Å². The molecule has 2 rings (SSSR count). The van der Waals surface area contributed by atoms with Gasteiger partial charge in [0.05, 0.1) is 11.6 Å². The Labute approximate surface area is 105 Å². The Bertz CT molecular complexity index is 609. The molecule has 0 radical (unpaired) electrons. The molecular weight excluding hydrogens is 229 g/mol. The summed E-state index contributed by atoms with van der Waals surface area (Å²) in [5, 5.41) is 11.9. The number of nitrogens with zero attached hydrogens (tertiary/aromatic N) is 1. The van der Waals surface area contributed by atoms with Gasteiger partial charge < -0.3 is 11.1 Å². The number of anilines is 3. The van der Waals surface area contributed by atoms with Crippen LogP contribution < -0.4 is 11.1 Å². The van der Waals surface area contributed by atoms with Gasteiger partial charge in [0.1, 0.15) is 5.82 Å². The van der Waals surface area contributed by atoms with Crippen molar-refractivity contribution in [3.05, 3.63) is 53.3 Å². The number of hydrogen-bond acceptors (Lipinski definition) is 3. The zero-order valence-corrected chi connectivity index (χ0v) is 9.87. The maximum Gasteiger partial charge on any atom is 0.127 e. The first-order valence-electron chi connectivity index (χ1n) is 5.42. The Hall–Kier alpha value is -2.54. The van der Waals surface area contributed by atoms with Crippen molar-refractivity contribution in [1.29, 1.82) is 5.26 Å². The van der Waals surface area contributed by atoms with Crippen molar-refractivity contribution in [3.63, 3.8) is 0 Å². The molecule has 2 aromatic rings. The van der Waals surface area contributed by atoms with Gasteiger partial charge in [0.25, 0.3) is 0 Å². The van der Waals surface area contributed by atoms with Crippen LogP contribution in [0, 0.1) is 24.1 Å². The maximum atomic E-state index is 13.2. The molecule has 0 aliphatic heterocycles. The van der Waals surface area contributed by atoms with Gasteiger partial charge in [0.2, 0.25) is 0 Å². The first-order valence-corrected chi connectivity index (χ1v) is 5.42. The summed E-state index contributed by atoms with van der Waals surface area (Å²) >= 11 is 0. The van der Waals surface area contributed by atoms with Gasteiger partial charge >= 0.3 is 0 Å². The molecule has 0 atom stereocenters. The van der Waals surface area contributed by atoms with E-state index in [9.17, 15) is 4.39 Å². The van der Waals surface area contributed by atoms with Crippen LogP contribution >= 0.6 is 0 Å². The summed E-state index contributed by atoms with van der Waals surface area (Å²) in [7, 11) is 0. The predicted octanol–water partition coefficient (Wildman–Crippen LogP) is 3.33. The molecular formula is C14H12FN3. The summed E-state index contributed by atoms with van der Waals surface area (Å²) in [5.41, 5.74) is 8.77. The lowest BCUT2D eigenvalue weighted by molar-refractivity contribution is 0.629. The second-order valence-electron chi connectivity index (χ2n) is 4.04. The standard InChI is InChI=1S/C14H12FN3/c1-9-2-3-10(8-16)4-14(9)18-13-6-11(15)5-12(17)7-13/h2-7,18H,17H2,1H3. The van der Waals surface area contributed by atoms with Crippen molar-refractivity contribution < 1.29 is 4.39 Å². The molecule has 0 spiro atoms. The molecule has 0 heterocycles. The van der Waals surface area contributed by atoms with Gasteiger partial charge in [0, 0.05) is 17.1 Å². The molecule has 18 heavy (non-hydrogen) atoms. The van der Waals surface area contributed by atoms with Crippen LogP contribution in [0.4, 0.5) is 21.5 Å². The van der Waals surface area contributed by atoms with E-state index < -0.39 is 5.82 Å². The summed E-state index contributed by atoms with van der Waals surface area (Å²) < 4.78 is 13.2. The van der Waals surface area contributed by atoms with Crippen molar-refractivity contribution in [1.82, 2.24) is 0 Å². The maximum absolute atomic E-state index is 13.2. The third kappa shape index (κ3) is 2.58. The minimum atomic E-state index is -0.397. The van der Waals surface area contributed by atoms with Crippen LogP contribution in [-0.4, -0.2) is 0 Å². The molecule has 0 aromatic heterocycles. The fourth-order valence-corrected chi connectivity index (χ4v) is 1.67. The van der Waals surface area contributed by atoms with Crippen molar-refractivity contribution in [2.45, 2.75) is 6.92 Å². The lowest BCUT2D eigenvalue weighted by Crippen LogP contribution is -1.96. The number of rotatable bonds is 2. The Balaban J connectivity index is 2.36. The topological polar surface area (TPSA) is 61.8 Å². The van der Waals surface area contributed by atoms with Crippen molar-refractivity contribution in [3.8, 4) is 6.07 Å². The molecule has 3 N–H and O–H groups in total. The molecule has 90 valence electrons. The monoisotopic (exact) mass is 241 g/mol. The number of nitrogens with two attached hydrogens (primary N) is 1. The third-order valence-electron chi connectivity index (χ3n) is 2.57. The van der Waals surface area contributed by atoms with Crippen molar-refractivity contribution in [2.24, 2.45) is 0 Å². The Morgan fingerprint density at radius 3 is 2.67 bits per heavy atom. The van der Waals surface area contributed by atoms with Gasteiger partial charge in [0.15, 0.2) is 0 Å². The molecule has 3 nitrogen and oxygen atoms in total. The highest BCUT2D eigenvalue weighted by Gasteiger charge is 2.03. The van der Waals surface area contributed by atoms with Crippen LogP contribution in [0.5, 0.6) is 0 Å². The molecule has 0 saturated carbocycles. The zero-order valence-electron chi connectivity index (χ0n) is 9.87. The van der Waals surface area contributed by atoms with Gasteiger partial charge in [-0.2, -0.15) is 5.26 Å². The lowest BCUT2D eigenvalue weighted by atomic mass is 10.1. The van der Waals surface area contributed by atoms with E-state index in [2.05, 4.69) is 11.4 Å². The van der Waals surface area contributed by atoms with Crippen molar-refractivity contribution >= 4 is 17.1 Å². The van der Waals surface area contributed by atoms with E-state index >= 15 is 0 Å². The van der Waals surface area contributed by atoms with E-state index in [1.54, 1.807) is 18.2 Å². The summed E-state index contributed by atoms with van der Waals surface area (Å²) in [6.45, 7) is 1.91. The summed E-state index contributed by atoms with van der Waals surface area (Å²) in [5.74, 6) is -0.397. The Morgan fingerprint density at radius 1 is 1.22 bits per heavy atom. The van der Waals surface area contributed by atoms with E-state index in [0.29, 0.717) is 16.9 Å². The van der Waals surface area contributed by atoms with Crippen LogP contribution in [0.3, 0.4) is 0 Å². The molecule has 0 fully saturated rings. The molecule has 0 unspecified atom stereocenters. The quantitative estimate of drug-likeness (QED) is 0.793. The molecule has 0 aliphatic carbocycles. The number of hydrogen-bond donors (Lipinski definition) is 2. The van der Waals surface area contributed by atoms with Gasteiger partial charge in [-0.3, -0.25) is 0 Å². The smallest absolute Gasteiger partial charge is 0.127 e. The second kappa shape index (κ2) is 4.76. The van der Waals surface area contributed by atoms with Gasteiger partial charge in [-0.05, 0) is 42.8 Å². The highest BCUT2D eigenvalue weighted by Crippen LogP contribution is 2.24. The minimum absolute atomic E-state index is 0.353. The van der Waals surface area contributed by atoms with Gasteiger partial charge in [-0.25, -0.2) is 4.39 Å². The molecule has 0 aliphatic rings. The van der Waals surface area contributed by atoms with Crippen LogP contribution in [0.2, 0.25) is 0 Å². The van der Waals surface area contributed by atoms with Gasteiger partial charge in [-0.1, -0.05) is 6.07 Å². The van der Waals surface area contributed by atoms with Gasteiger partial charge in [-0.15, -0.1) is 0 Å². The fraction of sp³-hybridized carbons (Fsp3) is 0.0714. The largest absolute Gasteiger partial charge is 0.399 e. The summed E-state index contributed by atoms with van der Waals surface area (Å²) in [6, 6.07) is 11.6. The average molecular weight is 241 g/mol. The van der Waals surface area contributed by atoms with E-state index in [4.69, 9.17) is 11.0 Å². The lowest BCUT2D eigenvalue weighted by Gasteiger charge is -2.10. The van der Waals surface area contributed by atoms with Crippen LogP contribution in [0.15, 0.2) is 36.4 Å². The first-order chi connectivity index (χ1) is 8.58. The third-order valence-corrected chi connectivity index (χ3v) is 2.57. The van der Waals surface area contributed by atoms with Crippen molar-refractivity contribution in [2.75, 3.05) is 11.1 Å². The fourth-order valence-electron chi connectivity index (χ4n) is 1.67. The SMILES string of the molecule is Cc1ccc(C#N)cc1Nc1cc(N)cc(F)c1. The van der Waals surface area contributed by atoms with E-state index in [0.717, 1.165) is 11.3 Å².